The average molecular weight is 201 g/mol. The molecule has 1 aromatic rings. The zero-order chi connectivity index (χ0) is 10.0. The summed E-state index contributed by atoms with van der Waals surface area (Å²) in [6.45, 7) is 1.67. The van der Waals surface area contributed by atoms with Gasteiger partial charge in [0.05, 0.1) is 10.6 Å². The van der Waals surface area contributed by atoms with Crippen molar-refractivity contribution < 1.29 is 4.92 Å². The number of anilines is 1. The fourth-order valence-electron chi connectivity index (χ4n) is 0.868. The summed E-state index contributed by atoms with van der Waals surface area (Å²) >= 11 is 1.37. The maximum absolute atomic E-state index is 10.3. The summed E-state index contributed by atoms with van der Waals surface area (Å²) in [6, 6.07) is 0. The third kappa shape index (κ3) is 2.38. The van der Waals surface area contributed by atoms with Gasteiger partial charge in [-0.25, -0.2) is 4.98 Å². The van der Waals surface area contributed by atoms with Crippen LogP contribution in [0, 0.1) is 17.0 Å². The molecule has 1 aromatic heterocycles. The van der Waals surface area contributed by atoms with Crippen molar-refractivity contribution in [2.24, 2.45) is 0 Å². The van der Waals surface area contributed by atoms with Crippen LogP contribution in [0.25, 0.3) is 0 Å². The molecule has 5 nitrogen and oxygen atoms in total. The van der Waals surface area contributed by atoms with Gasteiger partial charge in [0.2, 0.25) is 6.54 Å². The van der Waals surface area contributed by atoms with Crippen molar-refractivity contribution in [3.05, 3.63) is 20.7 Å². The van der Waals surface area contributed by atoms with Crippen molar-refractivity contribution in [1.29, 1.82) is 0 Å². The molecule has 0 atom stereocenters. The Morgan fingerprint density at radius 3 is 2.62 bits per heavy atom. The monoisotopic (exact) mass is 201 g/mol. The molecule has 0 aliphatic heterocycles. The summed E-state index contributed by atoms with van der Waals surface area (Å²) in [5.74, 6) is 0. The maximum atomic E-state index is 10.3. The molecule has 0 N–H and O–H groups in total. The lowest BCUT2D eigenvalue weighted by Gasteiger charge is -2.04. The van der Waals surface area contributed by atoms with Gasteiger partial charge < -0.3 is 4.90 Å². The molecule has 0 bridgehead atoms. The lowest BCUT2D eigenvalue weighted by atomic mass is 10.4. The molecule has 0 saturated carbocycles. The highest BCUT2D eigenvalue weighted by Gasteiger charge is 2.12. The first kappa shape index (κ1) is 9.91. The molecule has 0 spiro atoms. The average Bonchev–Trinajstić information content (AvgIpc) is 2.31. The molecule has 0 aliphatic rings. The van der Waals surface area contributed by atoms with Gasteiger partial charge in [0, 0.05) is 19.0 Å². The standard InChI is InChI=1S/C7H11N3O2S/c1-5-6(4-10(11)12)13-7(8-5)9(2)3/h4H2,1-3H3. The molecule has 6 heteroatoms. The number of hydrogen-bond donors (Lipinski definition) is 0. The summed E-state index contributed by atoms with van der Waals surface area (Å²) in [7, 11) is 3.74. The normalized spacial score (nSPS) is 10.1. The SMILES string of the molecule is Cc1nc(N(C)C)sc1C[N+](=O)[O-]. The second kappa shape index (κ2) is 3.69. The van der Waals surface area contributed by atoms with E-state index in [0.29, 0.717) is 0 Å². The lowest BCUT2D eigenvalue weighted by Crippen LogP contribution is -2.07. The van der Waals surface area contributed by atoms with Crippen LogP contribution in [0.1, 0.15) is 10.6 Å². The van der Waals surface area contributed by atoms with Crippen LogP contribution < -0.4 is 4.90 Å². The zero-order valence-corrected chi connectivity index (χ0v) is 8.59. The molecule has 72 valence electrons. The maximum Gasteiger partial charge on any atom is 0.239 e. The Morgan fingerprint density at radius 2 is 2.23 bits per heavy atom. The van der Waals surface area contributed by atoms with Gasteiger partial charge >= 0.3 is 0 Å². The van der Waals surface area contributed by atoms with Crippen LogP contribution in [-0.2, 0) is 6.54 Å². The van der Waals surface area contributed by atoms with Crippen LogP contribution in [0.2, 0.25) is 0 Å². The number of aryl methyl sites for hydroxylation is 1. The highest BCUT2D eigenvalue weighted by Crippen LogP contribution is 2.24. The Morgan fingerprint density at radius 1 is 1.62 bits per heavy atom. The third-order valence-electron chi connectivity index (χ3n) is 1.54. The Balaban J connectivity index is 2.89. The van der Waals surface area contributed by atoms with Gasteiger partial charge in [-0.2, -0.15) is 0 Å². The van der Waals surface area contributed by atoms with E-state index < -0.39 is 0 Å². The summed E-state index contributed by atoms with van der Waals surface area (Å²) < 4.78 is 0. The minimum absolute atomic E-state index is 0.128. The van der Waals surface area contributed by atoms with E-state index in [1.807, 2.05) is 19.0 Å². The van der Waals surface area contributed by atoms with Crippen molar-refractivity contribution in [3.8, 4) is 0 Å². The van der Waals surface area contributed by atoms with Crippen LogP contribution in [-0.4, -0.2) is 24.0 Å². The molecule has 0 saturated heterocycles. The van der Waals surface area contributed by atoms with E-state index >= 15 is 0 Å². The van der Waals surface area contributed by atoms with Crippen molar-refractivity contribution in [3.63, 3.8) is 0 Å². The van der Waals surface area contributed by atoms with Gasteiger partial charge in [0.25, 0.3) is 0 Å². The van der Waals surface area contributed by atoms with Crippen molar-refractivity contribution in [2.75, 3.05) is 19.0 Å². The largest absolute Gasteiger partial charge is 0.354 e. The molecule has 0 unspecified atom stereocenters. The minimum Gasteiger partial charge on any atom is -0.354 e. The molecule has 1 heterocycles. The number of nitro groups is 1. The Hall–Kier alpha value is -1.17. The summed E-state index contributed by atoms with van der Waals surface area (Å²) in [5, 5.41) is 11.1. The quantitative estimate of drug-likeness (QED) is 0.546. The van der Waals surface area contributed by atoms with E-state index in [2.05, 4.69) is 4.98 Å². The van der Waals surface area contributed by atoms with E-state index in [9.17, 15) is 10.1 Å². The molecular weight excluding hydrogens is 190 g/mol. The first-order valence-electron chi connectivity index (χ1n) is 3.76. The third-order valence-corrected chi connectivity index (χ3v) is 2.85. The topological polar surface area (TPSA) is 59.3 Å². The Bertz CT molecular complexity index is 322. The Labute approximate surface area is 80.2 Å². The zero-order valence-electron chi connectivity index (χ0n) is 7.77. The van der Waals surface area contributed by atoms with Crippen molar-refractivity contribution >= 4 is 16.5 Å². The van der Waals surface area contributed by atoms with Gasteiger partial charge in [-0.1, -0.05) is 11.3 Å². The van der Waals surface area contributed by atoms with E-state index in [1.165, 1.54) is 11.3 Å². The van der Waals surface area contributed by atoms with Gasteiger partial charge in [-0.15, -0.1) is 0 Å². The van der Waals surface area contributed by atoms with E-state index in [4.69, 9.17) is 0 Å². The second-order valence-electron chi connectivity index (χ2n) is 2.89. The number of rotatable bonds is 3. The molecule has 0 radical (unpaired) electrons. The molecule has 0 amide bonds. The van der Waals surface area contributed by atoms with E-state index in [-0.39, 0.29) is 11.5 Å². The second-order valence-corrected chi connectivity index (χ2v) is 3.95. The van der Waals surface area contributed by atoms with Gasteiger partial charge in [0.1, 0.15) is 0 Å². The summed E-state index contributed by atoms with van der Waals surface area (Å²) in [5.41, 5.74) is 0.755. The van der Waals surface area contributed by atoms with Gasteiger partial charge in [0.15, 0.2) is 5.13 Å². The lowest BCUT2D eigenvalue weighted by molar-refractivity contribution is -0.496. The molecule has 0 aromatic carbocycles. The first-order chi connectivity index (χ1) is 6.00. The predicted molar refractivity (Wildman–Crippen MR) is 51.9 cm³/mol. The van der Waals surface area contributed by atoms with E-state index in [0.717, 1.165) is 15.7 Å². The van der Waals surface area contributed by atoms with Gasteiger partial charge in [-0.3, -0.25) is 10.1 Å². The molecule has 13 heavy (non-hydrogen) atoms. The van der Waals surface area contributed by atoms with Crippen LogP contribution in [0.4, 0.5) is 5.13 Å². The van der Waals surface area contributed by atoms with Crippen LogP contribution in [0.15, 0.2) is 0 Å². The molecule has 1 rings (SSSR count). The van der Waals surface area contributed by atoms with Crippen LogP contribution in [0.5, 0.6) is 0 Å². The van der Waals surface area contributed by atoms with Crippen molar-refractivity contribution in [1.82, 2.24) is 4.98 Å². The fourth-order valence-corrected chi connectivity index (χ4v) is 1.82. The number of nitrogens with zero attached hydrogens (tertiary/aromatic N) is 3. The van der Waals surface area contributed by atoms with Gasteiger partial charge in [-0.05, 0) is 6.92 Å². The summed E-state index contributed by atoms with van der Waals surface area (Å²) in [6.07, 6.45) is 0. The van der Waals surface area contributed by atoms with E-state index in [1.54, 1.807) is 6.92 Å². The highest BCUT2D eigenvalue weighted by molar-refractivity contribution is 7.15. The highest BCUT2D eigenvalue weighted by atomic mass is 32.1. The van der Waals surface area contributed by atoms with Crippen molar-refractivity contribution in [2.45, 2.75) is 13.5 Å². The number of aromatic nitrogens is 1. The Kier molecular flexibility index (Phi) is 2.82. The predicted octanol–water partition coefficient (Wildman–Crippen LogP) is 1.29. The fraction of sp³-hybridized carbons (Fsp3) is 0.571. The molecule has 0 aliphatic carbocycles. The van der Waals surface area contributed by atoms with Crippen LogP contribution >= 0.6 is 11.3 Å². The minimum atomic E-state index is -0.333. The number of hydrogen-bond acceptors (Lipinski definition) is 5. The smallest absolute Gasteiger partial charge is 0.239 e. The summed E-state index contributed by atoms with van der Waals surface area (Å²) in [4.78, 5) is 16.7. The molecular formula is C7H11N3O2S. The first-order valence-corrected chi connectivity index (χ1v) is 4.57. The molecule has 0 fully saturated rings. The van der Waals surface area contributed by atoms with Crippen LogP contribution in [0.3, 0.4) is 0 Å². The number of thiazole rings is 1.